The Morgan fingerprint density at radius 3 is 2.41 bits per heavy atom. The smallest absolute Gasteiger partial charge is 0.239 e. The minimum Gasteiger partial charge on any atom is -0.273 e. The fourth-order valence-electron chi connectivity index (χ4n) is 5.34. The third kappa shape index (κ3) is 1.97. The average molecular weight is 362 g/mol. The molecule has 4 heteroatoms. The van der Waals surface area contributed by atoms with E-state index in [4.69, 9.17) is 0 Å². The van der Waals surface area contributed by atoms with Gasteiger partial charge in [-0.2, -0.15) is 5.01 Å². The Morgan fingerprint density at radius 2 is 1.70 bits per heavy atom. The summed E-state index contributed by atoms with van der Waals surface area (Å²) in [5, 5.41) is 4.01. The third-order valence-electron chi connectivity index (χ3n) is 6.29. The Balaban J connectivity index is 1.88. The van der Waals surface area contributed by atoms with Crippen molar-refractivity contribution in [2.24, 2.45) is 0 Å². The second-order valence-electron chi connectivity index (χ2n) is 8.86. The van der Waals surface area contributed by atoms with E-state index >= 15 is 4.39 Å². The minimum atomic E-state index is -0.508. The van der Waals surface area contributed by atoms with Crippen LogP contribution in [0.2, 0.25) is 0 Å². The highest BCUT2D eigenvalue weighted by Gasteiger charge is 2.63. The summed E-state index contributed by atoms with van der Waals surface area (Å²) in [6, 6.07) is 15.2. The molecule has 2 fully saturated rings. The number of amides is 1. The molecule has 3 nitrogen and oxygen atoms in total. The van der Waals surface area contributed by atoms with Crippen LogP contribution in [0.5, 0.6) is 0 Å². The van der Waals surface area contributed by atoms with Crippen LogP contribution in [-0.2, 0) is 4.79 Å². The fraction of sp³-hybridized carbons (Fsp3) is 0.348. The van der Waals surface area contributed by atoms with E-state index in [2.05, 4.69) is 44.8 Å². The summed E-state index contributed by atoms with van der Waals surface area (Å²) in [4.78, 5) is 12.9. The van der Waals surface area contributed by atoms with Crippen LogP contribution in [0.15, 0.2) is 54.1 Å². The molecular weight excluding hydrogens is 339 g/mol. The van der Waals surface area contributed by atoms with Crippen LogP contribution in [-0.4, -0.2) is 27.0 Å². The number of nitrogens with zero attached hydrogens (tertiary/aromatic N) is 2. The molecule has 1 aliphatic carbocycles. The topological polar surface area (TPSA) is 23.6 Å². The molecule has 0 N–H and O–H groups in total. The van der Waals surface area contributed by atoms with Crippen molar-refractivity contribution in [2.75, 3.05) is 0 Å². The molecule has 0 saturated carbocycles. The van der Waals surface area contributed by atoms with Crippen LogP contribution >= 0.6 is 0 Å². The van der Waals surface area contributed by atoms with E-state index in [1.165, 1.54) is 6.07 Å². The Labute approximate surface area is 159 Å². The maximum absolute atomic E-state index is 15.1. The molecule has 1 atom stereocenters. The summed E-state index contributed by atoms with van der Waals surface area (Å²) < 4.78 is 15.1. The van der Waals surface area contributed by atoms with Crippen LogP contribution in [0, 0.1) is 5.82 Å². The lowest BCUT2D eigenvalue weighted by atomic mass is 9.85. The number of rotatable bonds is 1. The number of hydrazine groups is 1. The molecule has 5 rings (SSSR count). The van der Waals surface area contributed by atoms with Gasteiger partial charge in [0.1, 0.15) is 5.82 Å². The normalized spacial score (nSPS) is 25.0. The summed E-state index contributed by atoms with van der Waals surface area (Å²) >= 11 is 0. The molecule has 2 saturated heterocycles. The monoisotopic (exact) mass is 362 g/mol. The van der Waals surface area contributed by atoms with Crippen molar-refractivity contribution in [3.05, 3.63) is 76.6 Å². The molecule has 2 aromatic rings. The number of benzene rings is 2. The van der Waals surface area contributed by atoms with Crippen molar-refractivity contribution in [3.8, 4) is 0 Å². The van der Waals surface area contributed by atoms with Gasteiger partial charge in [-0.15, -0.1) is 0 Å². The Hall–Kier alpha value is -2.46. The standard InChI is InChI=1S/C23H23FN2O/c1-22(2)13-17(27)25-23(3,4)20-18(14-9-6-5-7-10-14)15-11-8-12-16(24)19(15)21(20)26(22)25/h5-12,21H,13H2,1-4H3. The third-order valence-corrected chi connectivity index (χ3v) is 6.29. The molecule has 1 unspecified atom stereocenters. The van der Waals surface area contributed by atoms with Gasteiger partial charge in [0.2, 0.25) is 5.91 Å². The lowest BCUT2D eigenvalue weighted by Gasteiger charge is -2.38. The van der Waals surface area contributed by atoms with Gasteiger partial charge in [0.05, 0.1) is 11.6 Å². The Morgan fingerprint density at radius 1 is 1.00 bits per heavy atom. The van der Waals surface area contributed by atoms with Crippen molar-refractivity contribution in [3.63, 3.8) is 0 Å². The first-order valence-electron chi connectivity index (χ1n) is 9.46. The summed E-state index contributed by atoms with van der Waals surface area (Å²) in [6.45, 7) is 8.32. The number of carbonyl (C=O) groups excluding carboxylic acids is 1. The first-order chi connectivity index (χ1) is 12.7. The van der Waals surface area contributed by atoms with E-state index in [1.807, 2.05) is 29.3 Å². The van der Waals surface area contributed by atoms with Crippen molar-refractivity contribution >= 4 is 11.5 Å². The molecule has 3 aliphatic rings. The number of hydrogen-bond donors (Lipinski definition) is 0. The van der Waals surface area contributed by atoms with Gasteiger partial charge in [-0.1, -0.05) is 42.5 Å². The first-order valence-corrected chi connectivity index (χ1v) is 9.46. The van der Waals surface area contributed by atoms with Gasteiger partial charge in [-0.3, -0.25) is 9.80 Å². The predicted octanol–water partition coefficient (Wildman–Crippen LogP) is 4.70. The maximum Gasteiger partial charge on any atom is 0.239 e. The van der Waals surface area contributed by atoms with E-state index in [-0.39, 0.29) is 23.3 Å². The quantitative estimate of drug-likeness (QED) is 0.734. The molecule has 0 radical (unpaired) electrons. The Bertz CT molecular complexity index is 1010. The van der Waals surface area contributed by atoms with Gasteiger partial charge >= 0.3 is 0 Å². The summed E-state index contributed by atoms with van der Waals surface area (Å²) in [7, 11) is 0. The zero-order valence-corrected chi connectivity index (χ0v) is 16.1. The van der Waals surface area contributed by atoms with E-state index in [1.54, 1.807) is 6.07 Å². The molecule has 1 amide bonds. The first kappa shape index (κ1) is 16.7. The van der Waals surface area contributed by atoms with Crippen molar-refractivity contribution in [1.29, 1.82) is 0 Å². The second kappa shape index (κ2) is 5.08. The lowest BCUT2D eigenvalue weighted by Crippen LogP contribution is -2.49. The molecule has 0 bridgehead atoms. The van der Waals surface area contributed by atoms with Crippen LogP contribution in [0.3, 0.4) is 0 Å². The van der Waals surface area contributed by atoms with E-state index in [9.17, 15) is 4.79 Å². The van der Waals surface area contributed by atoms with E-state index in [0.717, 1.165) is 22.3 Å². The molecule has 138 valence electrons. The zero-order chi connectivity index (χ0) is 19.1. The molecule has 0 aromatic heterocycles. The van der Waals surface area contributed by atoms with Crippen LogP contribution in [0.25, 0.3) is 5.57 Å². The summed E-state index contributed by atoms with van der Waals surface area (Å²) in [5.41, 5.74) is 4.04. The SMILES string of the molecule is CC1(C)CC(=O)N2N1C1C(=C(c3ccccc3)c3cccc(F)c31)C2(C)C. The highest BCUT2D eigenvalue weighted by molar-refractivity contribution is 5.93. The second-order valence-corrected chi connectivity index (χ2v) is 8.86. The van der Waals surface area contributed by atoms with Gasteiger partial charge < -0.3 is 0 Å². The molecule has 2 aliphatic heterocycles. The zero-order valence-electron chi connectivity index (χ0n) is 16.1. The van der Waals surface area contributed by atoms with Gasteiger partial charge in [-0.25, -0.2) is 4.39 Å². The molecule has 27 heavy (non-hydrogen) atoms. The van der Waals surface area contributed by atoms with Crippen LogP contribution in [0.4, 0.5) is 4.39 Å². The Kier molecular flexibility index (Phi) is 3.14. The van der Waals surface area contributed by atoms with Crippen molar-refractivity contribution in [1.82, 2.24) is 10.0 Å². The number of halogens is 1. The maximum atomic E-state index is 15.1. The largest absolute Gasteiger partial charge is 0.273 e. The van der Waals surface area contributed by atoms with Crippen molar-refractivity contribution < 1.29 is 9.18 Å². The molecular formula is C23H23FN2O. The highest BCUT2D eigenvalue weighted by Crippen LogP contribution is 2.61. The minimum absolute atomic E-state index is 0.109. The van der Waals surface area contributed by atoms with Gasteiger partial charge in [0, 0.05) is 17.5 Å². The average Bonchev–Trinajstić information content (AvgIpc) is 3.15. The summed E-state index contributed by atoms with van der Waals surface area (Å²) in [5.74, 6) is -0.0917. The van der Waals surface area contributed by atoms with E-state index < -0.39 is 5.54 Å². The molecule has 2 heterocycles. The number of carbonyl (C=O) groups is 1. The molecule has 2 aromatic carbocycles. The van der Waals surface area contributed by atoms with Gasteiger partial charge in [0.25, 0.3) is 0 Å². The van der Waals surface area contributed by atoms with Gasteiger partial charge in [0.15, 0.2) is 0 Å². The highest BCUT2D eigenvalue weighted by atomic mass is 19.1. The summed E-state index contributed by atoms with van der Waals surface area (Å²) in [6.07, 6.45) is 0.449. The predicted molar refractivity (Wildman–Crippen MR) is 103 cm³/mol. The fourth-order valence-corrected chi connectivity index (χ4v) is 5.34. The number of fused-ring (bicyclic) bond motifs is 5. The number of hydrogen-bond acceptors (Lipinski definition) is 2. The van der Waals surface area contributed by atoms with Crippen LogP contribution < -0.4 is 0 Å². The lowest BCUT2D eigenvalue weighted by molar-refractivity contribution is -0.145. The van der Waals surface area contributed by atoms with E-state index in [0.29, 0.717) is 12.0 Å². The van der Waals surface area contributed by atoms with Gasteiger partial charge in [-0.05, 0) is 56.0 Å². The molecule has 0 spiro atoms. The van der Waals surface area contributed by atoms with Crippen LogP contribution in [0.1, 0.15) is 56.8 Å². The van der Waals surface area contributed by atoms with Crippen molar-refractivity contribution in [2.45, 2.75) is 51.2 Å².